The minimum absolute atomic E-state index is 0. The zero-order chi connectivity index (χ0) is 35.2. The molecule has 6 nitrogen and oxygen atoms in total. The third-order valence-corrected chi connectivity index (χ3v) is 10.9. The van der Waals surface area contributed by atoms with Gasteiger partial charge >= 0.3 is 37.7 Å². The van der Waals surface area contributed by atoms with Gasteiger partial charge in [-0.3, -0.25) is 0 Å². The van der Waals surface area contributed by atoms with E-state index in [1.54, 1.807) is 36.4 Å². The van der Waals surface area contributed by atoms with Crippen LogP contribution in [0.25, 0.3) is 21.5 Å². The molecule has 4 aromatic carbocycles. The van der Waals surface area contributed by atoms with Gasteiger partial charge in [-0.25, -0.2) is 16.8 Å². The van der Waals surface area contributed by atoms with Gasteiger partial charge in [0.05, 0.1) is 9.79 Å². The number of fused-ring (bicyclic) bond motifs is 2. The van der Waals surface area contributed by atoms with Gasteiger partial charge in [-0.15, -0.1) is 0 Å². The Balaban J connectivity index is 0.000000333. The van der Waals surface area contributed by atoms with Gasteiger partial charge in [0.2, 0.25) is 0 Å². The maximum Gasteiger partial charge on any atom is 2.00 e. The SMILES string of the molecule is CCCCCc1cc(S(=O)(=O)[O-])c2ccccc2c1CCCCC.CCCCCc1cc(S(=O)(=O)[O-])c2ccccc2c1CCCCC.[Ca+2]. The average molecular weight is 735 g/mol. The van der Waals surface area contributed by atoms with Crippen molar-refractivity contribution in [1.82, 2.24) is 0 Å². The molecule has 4 rings (SSSR count). The molecule has 0 aliphatic rings. The van der Waals surface area contributed by atoms with Crippen molar-refractivity contribution in [2.24, 2.45) is 0 Å². The minimum Gasteiger partial charge on any atom is -0.744 e. The standard InChI is InChI=1S/2C20H28O3S.Ca/c2*1-3-5-7-11-16-15-20(24(21,22)23)19-14-10-9-13-18(19)17(16)12-8-6-4-2;/h2*9-10,13-15H,3-8,11-12H2,1-2H3,(H,21,22,23);/q;;+2/p-2. The molecule has 0 aliphatic carbocycles. The van der Waals surface area contributed by atoms with Crippen molar-refractivity contribution in [3.05, 3.63) is 82.9 Å². The topological polar surface area (TPSA) is 114 Å². The molecule has 0 radical (unpaired) electrons. The smallest absolute Gasteiger partial charge is 0.744 e. The second kappa shape index (κ2) is 21.8. The summed E-state index contributed by atoms with van der Waals surface area (Å²) in [5.41, 5.74) is 4.52. The van der Waals surface area contributed by atoms with E-state index in [1.165, 1.54) is 11.1 Å². The van der Waals surface area contributed by atoms with E-state index in [9.17, 15) is 25.9 Å². The number of hydrogen-bond acceptors (Lipinski definition) is 6. The quantitative estimate of drug-likeness (QED) is 0.0571. The molecule has 0 saturated heterocycles. The van der Waals surface area contributed by atoms with Crippen LogP contribution in [0, 0.1) is 0 Å². The van der Waals surface area contributed by atoms with Gasteiger partial charge in [0.15, 0.2) is 0 Å². The predicted molar refractivity (Wildman–Crippen MR) is 202 cm³/mol. The number of benzene rings is 4. The van der Waals surface area contributed by atoms with Crippen LogP contribution in [0.5, 0.6) is 0 Å². The molecule has 4 aromatic rings. The van der Waals surface area contributed by atoms with Crippen LogP contribution >= 0.6 is 0 Å². The van der Waals surface area contributed by atoms with Gasteiger partial charge in [-0.2, -0.15) is 0 Å². The number of aryl methyl sites for hydroxylation is 4. The van der Waals surface area contributed by atoms with Gasteiger partial charge in [0.1, 0.15) is 20.2 Å². The fourth-order valence-corrected chi connectivity index (χ4v) is 8.07. The Morgan fingerprint density at radius 1 is 0.449 bits per heavy atom. The molecule has 49 heavy (non-hydrogen) atoms. The first-order valence-electron chi connectivity index (χ1n) is 18.0. The van der Waals surface area contributed by atoms with Crippen molar-refractivity contribution in [3.63, 3.8) is 0 Å². The Kier molecular flexibility index (Phi) is 19.4. The van der Waals surface area contributed by atoms with Crippen molar-refractivity contribution >= 4 is 79.5 Å². The van der Waals surface area contributed by atoms with Crippen LogP contribution in [0.3, 0.4) is 0 Å². The third kappa shape index (κ3) is 12.9. The molecule has 0 aliphatic heterocycles. The van der Waals surface area contributed by atoms with Crippen molar-refractivity contribution in [3.8, 4) is 0 Å². The van der Waals surface area contributed by atoms with E-state index in [4.69, 9.17) is 0 Å². The molecular formula is C40H54CaO6S2. The van der Waals surface area contributed by atoms with Gasteiger partial charge < -0.3 is 9.11 Å². The summed E-state index contributed by atoms with van der Waals surface area (Å²) in [5, 5.41) is 2.99. The fourth-order valence-electron chi connectivity index (χ4n) is 6.60. The molecule has 0 amide bonds. The molecule has 0 bridgehead atoms. The maximum atomic E-state index is 11.7. The normalized spacial score (nSPS) is 11.7. The second-order valence-electron chi connectivity index (χ2n) is 12.9. The van der Waals surface area contributed by atoms with E-state index in [1.807, 2.05) is 24.3 Å². The summed E-state index contributed by atoms with van der Waals surface area (Å²) in [4.78, 5) is -0.132. The van der Waals surface area contributed by atoms with E-state index in [0.717, 1.165) is 125 Å². The summed E-state index contributed by atoms with van der Waals surface area (Å²) in [6, 6.07) is 18.1. The summed E-state index contributed by atoms with van der Waals surface area (Å²) in [7, 11) is -8.95. The van der Waals surface area contributed by atoms with E-state index >= 15 is 0 Å². The average Bonchev–Trinajstić information content (AvgIpc) is 3.05. The van der Waals surface area contributed by atoms with Crippen LogP contribution in [-0.2, 0) is 45.9 Å². The zero-order valence-corrected chi connectivity index (χ0v) is 33.9. The summed E-state index contributed by atoms with van der Waals surface area (Å²) in [6.45, 7) is 8.65. The van der Waals surface area contributed by atoms with Crippen molar-refractivity contribution in [2.45, 2.75) is 140 Å². The van der Waals surface area contributed by atoms with Gasteiger partial charge in [-0.05, 0) is 107 Å². The first-order valence-corrected chi connectivity index (χ1v) is 20.8. The van der Waals surface area contributed by atoms with E-state index < -0.39 is 20.2 Å². The van der Waals surface area contributed by atoms with Crippen molar-refractivity contribution < 1.29 is 25.9 Å². The van der Waals surface area contributed by atoms with Crippen LogP contribution in [0.2, 0.25) is 0 Å². The van der Waals surface area contributed by atoms with E-state index in [0.29, 0.717) is 10.8 Å². The van der Waals surface area contributed by atoms with Gasteiger partial charge in [-0.1, -0.05) is 128 Å². The van der Waals surface area contributed by atoms with Gasteiger partial charge in [0.25, 0.3) is 0 Å². The first-order chi connectivity index (χ1) is 23.0. The molecule has 0 heterocycles. The van der Waals surface area contributed by atoms with Gasteiger partial charge in [0, 0.05) is 0 Å². The zero-order valence-electron chi connectivity index (χ0n) is 30.1. The van der Waals surface area contributed by atoms with Crippen LogP contribution in [0.4, 0.5) is 0 Å². The summed E-state index contributed by atoms with van der Waals surface area (Å²) in [5.74, 6) is 0. The molecule has 0 N–H and O–H groups in total. The molecule has 264 valence electrons. The number of unbranched alkanes of at least 4 members (excludes halogenated alkanes) is 8. The maximum absolute atomic E-state index is 11.7. The number of rotatable bonds is 18. The molecule has 0 fully saturated rings. The number of hydrogen-bond donors (Lipinski definition) is 0. The molecule has 0 spiro atoms. The van der Waals surface area contributed by atoms with Crippen molar-refractivity contribution in [1.29, 1.82) is 0 Å². The molecule has 9 heteroatoms. The molecule has 0 aromatic heterocycles. The van der Waals surface area contributed by atoms with Crippen LogP contribution < -0.4 is 0 Å². The van der Waals surface area contributed by atoms with Crippen molar-refractivity contribution in [2.75, 3.05) is 0 Å². The summed E-state index contributed by atoms with van der Waals surface area (Å²) >= 11 is 0. The predicted octanol–water partition coefficient (Wildman–Crippen LogP) is 10.0. The van der Waals surface area contributed by atoms with E-state index in [-0.39, 0.29) is 47.5 Å². The fraction of sp³-hybridized carbons (Fsp3) is 0.500. The first kappa shape index (κ1) is 43.6. The Morgan fingerprint density at radius 2 is 0.735 bits per heavy atom. The molecule has 0 atom stereocenters. The second-order valence-corrected chi connectivity index (χ2v) is 15.5. The molecular weight excluding hydrogens is 681 g/mol. The third-order valence-electron chi connectivity index (χ3n) is 9.12. The Labute approximate surface area is 326 Å². The van der Waals surface area contributed by atoms with Crippen LogP contribution in [-0.4, -0.2) is 63.7 Å². The Bertz CT molecular complexity index is 1700. The van der Waals surface area contributed by atoms with Crippen LogP contribution in [0.15, 0.2) is 70.5 Å². The van der Waals surface area contributed by atoms with Crippen LogP contribution in [0.1, 0.15) is 127 Å². The molecule has 0 saturated carbocycles. The van der Waals surface area contributed by atoms with E-state index in [2.05, 4.69) is 27.7 Å². The summed E-state index contributed by atoms with van der Waals surface area (Å²) in [6.07, 6.45) is 16.8. The monoisotopic (exact) mass is 734 g/mol. The minimum atomic E-state index is -4.47. The Morgan fingerprint density at radius 3 is 1.02 bits per heavy atom. The largest absolute Gasteiger partial charge is 2.00 e. The summed E-state index contributed by atoms with van der Waals surface area (Å²) < 4.78 is 70.5. The molecule has 0 unspecified atom stereocenters. The Hall–Kier alpha value is -1.52.